The first kappa shape index (κ1) is 16.9. The summed E-state index contributed by atoms with van der Waals surface area (Å²) in [4.78, 5) is 22.3. The number of aryl methyl sites for hydroxylation is 1. The molecule has 0 aliphatic carbocycles. The van der Waals surface area contributed by atoms with Gasteiger partial charge >= 0.3 is 5.97 Å². The van der Waals surface area contributed by atoms with Crippen LogP contribution in [0.3, 0.4) is 0 Å². The molecule has 0 saturated heterocycles. The van der Waals surface area contributed by atoms with Gasteiger partial charge in [0.05, 0.1) is 6.10 Å². The summed E-state index contributed by atoms with van der Waals surface area (Å²) in [5, 5.41) is 11.4. The molecule has 1 rings (SSSR count). The van der Waals surface area contributed by atoms with Gasteiger partial charge in [0.2, 0.25) is 5.91 Å². The molecule has 5 nitrogen and oxygen atoms in total. The second-order valence-electron chi connectivity index (χ2n) is 4.85. The molecule has 2 N–H and O–H groups in total. The van der Waals surface area contributed by atoms with Crippen molar-refractivity contribution < 1.29 is 19.4 Å². The molecule has 0 aliphatic heterocycles. The van der Waals surface area contributed by atoms with Crippen LogP contribution in [0.5, 0.6) is 0 Å². The van der Waals surface area contributed by atoms with E-state index in [1.54, 1.807) is 12.1 Å². The Morgan fingerprint density at radius 1 is 1.38 bits per heavy atom. The van der Waals surface area contributed by atoms with Crippen molar-refractivity contribution in [3.05, 3.63) is 35.4 Å². The van der Waals surface area contributed by atoms with E-state index in [1.165, 1.54) is 6.08 Å². The Hall–Kier alpha value is -2.14. The van der Waals surface area contributed by atoms with Crippen LogP contribution < -0.4 is 5.32 Å². The molecule has 0 spiro atoms. The van der Waals surface area contributed by atoms with Crippen molar-refractivity contribution in [1.29, 1.82) is 0 Å². The molecule has 0 atom stereocenters. The van der Waals surface area contributed by atoms with E-state index >= 15 is 0 Å². The average molecular weight is 291 g/mol. The van der Waals surface area contributed by atoms with Gasteiger partial charge in [-0.1, -0.05) is 13.0 Å². The predicted molar refractivity (Wildman–Crippen MR) is 82.2 cm³/mol. The molecular weight excluding hydrogens is 270 g/mol. The van der Waals surface area contributed by atoms with Crippen molar-refractivity contribution in [2.45, 2.75) is 33.3 Å². The third kappa shape index (κ3) is 6.23. The summed E-state index contributed by atoms with van der Waals surface area (Å²) in [5.41, 5.74) is 2.45. The van der Waals surface area contributed by atoms with Crippen LogP contribution in [0.1, 0.15) is 31.9 Å². The first-order valence-corrected chi connectivity index (χ1v) is 6.87. The van der Waals surface area contributed by atoms with E-state index in [9.17, 15) is 9.59 Å². The van der Waals surface area contributed by atoms with Gasteiger partial charge < -0.3 is 15.2 Å². The maximum absolute atomic E-state index is 11.8. The first-order chi connectivity index (χ1) is 9.92. The zero-order valence-electron chi connectivity index (χ0n) is 12.6. The number of carbonyl (C=O) groups excluding carboxylic acids is 1. The van der Waals surface area contributed by atoms with Gasteiger partial charge in [0.15, 0.2) is 0 Å². The average Bonchev–Trinajstić information content (AvgIpc) is 2.43. The SMILES string of the molecule is CCc1cc(/C=C/C(=O)O)ccc1NC(=O)COC(C)C. The summed E-state index contributed by atoms with van der Waals surface area (Å²) in [6.07, 6.45) is 3.35. The van der Waals surface area contributed by atoms with Crippen molar-refractivity contribution in [2.24, 2.45) is 0 Å². The van der Waals surface area contributed by atoms with Crippen LogP contribution in [0.15, 0.2) is 24.3 Å². The minimum atomic E-state index is -0.990. The lowest BCUT2D eigenvalue weighted by molar-refractivity contribution is -0.131. The van der Waals surface area contributed by atoms with Gasteiger partial charge in [0.25, 0.3) is 0 Å². The lowest BCUT2D eigenvalue weighted by Crippen LogP contribution is -2.21. The lowest BCUT2D eigenvalue weighted by Gasteiger charge is -2.12. The highest BCUT2D eigenvalue weighted by atomic mass is 16.5. The highest BCUT2D eigenvalue weighted by Gasteiger charge is 2.07. The topological polar surface area (TPSA) is 75.6 Å². The Balaban J connectivity index is 2.79. The summed E-state index contributed by atoms with van der Waals surface area (Å²) in [5.74, 6) is -1.19. The summed E-state index contributed by atoms with van der Waals surface area (Å²) in [6.45, 7) is 5.73. The summed E-state index contributed by atoms with van der Waals surface area (Å²) < 4.78 is 5.25. The maximum Gasteiger partial charge on any atom is 0.328 e. The van der Waals surface area contributed by atoms with Crippen LogP contribution in [0.2, 0.25) is 0 Å². The molecule has 0 aromatic heterocycles. The van der Waals surface area contributed by atoms with Crippen molar-refractivity contribution >= 4 is 23.6 Å². The lowest BCUT2D eigenvalue weighted by atomic mass is 10.1. The predicted octanol–water partition coefficient (Wildman–Crippen LogP) is 2.71. The van der Waals surface area contributed by atoms with Crippen LogP contribution in [0.4, 0.5) is 5.69 Å². The molecule has 0 heterocycles. The Morgan fingerprint density at radius 3 is 2.67 bits per heavy atom. The van der Waals surface area contributed by atoms with Crippen molar-refractivity contribution in [3.63, 3.8) is 0 Å². The standard InChI is InChI=1S/C16H21NO4/c1-4-13-9-12(6-8-16(19)20)5-7-14(13)17-15(18)10-21-11(2)3/h5-9,11H,4,10H2,1-3H3,(H,17,18)(H,19,20)/b8-6+. The largest absolute Gasteiger partial charge is 0.478 e. The highest BCUT2D eigenvalue weighted by molar-refractivity contribution is 5.92. The fraction of sp³-hybridized carbons (Fsp3) is 0.375. The van der Waals surface area contributed by atoms with Gasteiger partial charge in [0.1, 0.15) is 6.61 Å². The maximum atomic E-state index is 11.8. The number of amides is 1. The minimum absolute atomic E-state index is 0.00456. The molecule has 0 saturated carbocycles. The van der Waals surface area contributed by atoms with Gasteiger partial charge in [-0.15, -0.1) is 0 Å². The summed E-state index contributed by atoms with van der Waals surface area (Å²) in [6, 6.07) is 5.39. The molecular formula is C16H21NO4. The zero-order valence-corrected chi connectivity index (χ0v) is 12.6. The van der Waals surface area contributed by atoms with Crippen LogP contribution in [0, 0.1) is 0 Å². The Morgan fingerprint density at radius 2 is 2.10 bits per heavy atom. The van der Waals surface area contributed by atoms with Gasteiger partial charge in [-0.25, -0.2) is 4.79 Å². The van der Waals surface area contributed by atoms with E-state index in [4.69, 9.17) is 9.84 Å². The summed E-state index contributed by atoms with van der Waals surface area (Å²) in [7, 11) is 0. The van der Waals surface area contributed by atoms with Crippen LogP contribution in [0.25, 0.3) is 6.08 Å². The molecule has 5 heteroatoms. The molecule has 0 bridgehead atoms. The Kier molecular flexibility index (Phi) is 6.62. The summed E-state index contributed by atoms with van der Waals surface area (Å²) >= 11 is 0. The molecule has 21 heavy (non-hydrogen) atoms. The third-order valence-electron chi connectivity index (χ3n) is 2.75. The molecule has 0 unspecified atom stereocenters. The number of nitrogens with one attached hydrogen (secondary N) is 1. The third-order valence-corrected chi connectivity index (χ3v) is 2.75. The van der Waals surface area contributed by atoms with Crippen LogP contribution in [-0.2, 0) is 20.7 Å². The van der Waals surface area contributed by atoms with E-state index in [0.717, 1.165) is 29.3 Å². The van der Waals surface area contributed by atoms with Crippen molar-refractivity contribution in [1.82, 2.24) is 0 Å². The number of anilines is 1. The number of carboxylic acids is 1. The number of carbonyl (C=O) groups is 2. The smallest absolute Gasteiger partial charge is 0.328 e. The van der Waals surface area contributed by atoms with E-state index in [2.05, 4.69) is 5.32 Å². The van der Waals surface area contributed by atoms with E-state index < -0.39 is 5.97 Å². The number of carboxylic acid groups (broad SMARTS) is 1. The van der Waals surface area contributed by atoms with E-state index in [1.807, 2.05) is 26.8 Å². The molecule has 0 radical (unpaired) electrons. The molecule has 0 fully saturated rings. The second-order valence-corrected chi connectivity index (χ2v) is 4.85. The number of rotatable bonds is 7. The molecule has 1 aromatic carbocycles. The molecule has 0 aliphatic rings. The number of ether oxygens (including phenoxy) is 1. The number of hydrogen-bond acceptors (Lipinski definition) is 3. The number of benzene rings is 1. The monoisotopic (exact) mass is 291 g/mol. The molecule has 1 aromatic rings. The quantitative estimate of drug-likeness (QED) is 0.757. The van der Waals surface area contributed by atoms with E-state index in [0.29, 0.717) is 0 Å². The normalized spacial score (nSPS) is 11.0. The molecule has 1 amide bonds. The van der Waals surface area contributed by atoms with Gasteiger partial charge in [0, 0.05) is 11.8 Å². The fourth-order valence-electron chi connectivity index (χ4n) is 1.73. The van der Waals surface area contributed by atoms with Crippen LogP contribution >= 0.6 is 0 Å². The van der Waals surface area contributed by atoms with Gasteiger partial charge in [-0.2, -0.15) is 0 Å². The fourth-order valence-corrected chi connectivity index (χ4v) is 1.73. The zero-order chi connectivity index (χ0) is 15.8. The van der Waals surface area contributed by atoms with Crippen molar-refractivity contribution in [3.8, 4) is 0 Å². The highest BCUT2D eigenvalue weighted by Crippen LogP contribution is 2.19. The molecule has 114 valence electrons. The second kappa shape index (κ2) is 8.21. The van der Waals surface area contributed by atoms with Crippen molar-refractivity contribution in [2.75, 3.05) is 11.9 Å². The number of aliphatic carboxylic acids is 1. The Labute approximate surface area is 124 Å². The van der Waals surface area contributed by atoms with E-state index in [-0.39, 0.29) is 18.6 Å². The van der Waals surface area contributed by atoms with Gasteiger partial charge in [-0.05, 0) is 49.6 Å². The number of hydrogen-bond donors (Lipinski definition) is 2. The van der Waals surface area contributed by atoms with Gasteiger partial charge in [-0.3, -0.25) is 4.79 Å². The van der Waals surface area contributed by atoms with Crippen LogP contribution in [-0.4, -0.2) is 29.7 Å². The first-order valence-electron chi connectivity index (χ1n) is 6.87. The Bertz CT molecular complexity index is 535. The minimum Gasteiger partial charge on any atom is -0.478 e.